The topological polar surface area (TPSA) is 32.3 Å². The second kappa shape index (κ2) is 5.92. The van der Waals surface area contributed by atoms with Gasteiger partial charge in [-0.05, 0) is 62.7 Å². The normalized spacial score (nSPS) is 38.7. The molecule has 2 aliphatic carbocycles. The van der Waals surface area contributed by atoms with Crippen molar-refractivity contribution in [3.8, 4) is 0 Å². The second-order valence-corrected chi connectivity index (χ2v) is 7.59. The van der Waals surface area contributed by atoms with Crippen LogP contribution in [0.2, 0.25) is 0 Å². The molecule has 0 spiro atoms. The first-order valence-corrected chi connectivity index (χ1v) is 7.89. The molecule has 0 aliphatic heterocycles. The molecule has 0 saturated heterocycles. The van der Waals surface area contributed by atoms with Gasteiger partial charge >= 0.3 is 0 Å². The van der Waals surface area contributed by atoms with Crippen molar-refractivity contribution in [1.82, 2.24) is 5.32 Å². The van der Waals surface area contributed by atoms with Crippen LogP contribution >= 0.6 is 0 Å². The third kappa shape index (κ3) is 3.96. The lowest BCUT2D eigenvalue weighted by Gasteiger charge is -2.39. The maximum atomic E-state index is 9.53. The average molecular weight is 253 g/mol. The van der Waals surface area contributed by atoms with E-state index in [9.17, 15) is 5.11 Å². The van der Waals surface area contributed by atoms with Crippen LogP contribution in [0.1, 0.15) is 72.1 Å². The summed E-state index contributed by atoms with van der Waals surface area (Å²) in [4.78, 5) is 0. The van der Waals surface area contributed by atoms with Crippen molar-refractivity contribution in [2.45, 2.75) is 90.3 Å². The maximum absolute atomic E-state index is 9.53. The fourth-order valence-electron chi connectivity index (χ4n) is 3.70. The molecule has 2 saturated carbocycles. The first-order chi connectivity index (χ1) is 8.45. The van der Waals surface area contributed by atoms with E-state index in [1.165, 1.54) is 38.5 Å². The summed E-state index contributed by atoms with van der Waals surface area (Å²) in [6.07, 6.45) is 9.76. The van der Waals surface area contributed by atoms with Crippen LogP contribution in [0, 0.1) is 11.3 Å². The number of hydrogen-bond acceptors (Lipinski definition) is 2. The van der Waals surface area contributed by atoms with Gasteiger partial charge in [-0.15, -0.1) is 0 Å². The van der Waals surface area contributed by atoms with E-state index in [0.717, 1.165) is 24.8 Å². The number of rotatable bonds is 2. The van der Waals surface area contributed by atoms with Gasteiger partial charge in [-0.2, -0.15) is 0 Å². The Hall–Kier alpha value is -0.0800. The Morgan fingerprint density at radius 1 is 0.778 bits per heavy atom. The molecule has 2 heteroatoms. The van der Waals surface area contributed by atoms with Gasteiger partial charge < -0.3 is 10.4 Å². The van der Waals surface area contributed by atoms with E-state index in [4.69, 9.17) is 0 Å². The van der Waals surface area contributed by atoms with Crippen molar-refractivity contribution in [3.63, 3.8) is 0 Å². The highest BCUT2D eigenvalue weighted by atomic mass is 16.3. The Labute approximate surface area is 113 Å². The molecule has 0 unspecified atom stereocenters. The van der Waals surface area contributed by atoms with Gasteiger partial charge in [-0.1, -0.05) is 20.8 Å². The summed E-state index contributed by atoms with van der Waals surface area (Å²) in [6, 6.07) is 1.41. The monoisotopic (exact) mass is 253 g/mol. The molecule has 2 aliphatic rings. The molecule has 2 rings (SSSR count). The summed E-state index contributed by atoms with van der Waals surface area (Å²) in [5.41, 5.74) is 0.486. The van der Waals surface area contributed by atoms with Gasteiger partial charge in [0.15, 0.2) is 0 Å². The molecule has 0 amide bonds. The zero-order chi connectivity index (χ0) is 13.2. The minimum Gasteiger partial charge on any atom is -0.393 e. The van der Waals surface area contributed by atoms with Crippen LogP contribution in [0.25, 0.3) is 0 Å². The van der Waals surface area contributed by atoms with Crippen LogP contribution in [-0.2, 0) is 0 Å². The highest BCUT2D eigenvalue weighted by molar-refractivity contribution is 4.86. The fraction of sp³-hybridized carbons (Fsp3) is 1.00. The van der Waals surface area contributed by atoms with Crippen molar-refractivity contribution >= 4 is 0 Å². The lowest BCUT2D eigenvalue weighted by molar-refractivity contribution is 0.106. The smallest absolute Gasteiger partial charge is 0.0541 e. The lowest BCUT2D eigenvalue weighted by atomic mass is 9.71. The van der Waals surface area contributed by atoms with Crippen molar-refractivity contribution in [3.05, 3.63) is 0 Å². The Kier molecular flexibility index (Phi) is 4.71. The van der Waals surface area contributed by atoms with E-state index in [1.54, 1.807) is 0 Å². The van der Waals surface area contributed by atoms with E-state index in [1.807, 2.05) is 0 Å². The summed E-state index contributed by atoms with van der Waals surface area (Å²) in [5, 5.41) is 13.4. The summed E-state index contributed by atoms with van der Waals surface area (Å²) < 4.78 is 0. The molecule has 2 nitrogen and oxygen atoms in total. The predicted molar refractivity (Wildman–Crippen MR) is 76.6 cm³/mol. The Bertz CT molecular complexity index is 242. The minimum absolute atomic E-state index is 0.0281. The molecule has 18 heavy (non-hydrogen) atoms. The molecule has 0 bridgehead atoms. The van der Waals surface area contributed by atoms with Crippen molar-refractivity contribution in [1.29, 1.82) is 0 Å². The third-order valence-corrected chi connectivity index (χ3v) is 5.12. The van der Waals surface area contributed by atoms with Crippen molar-refractivity contribution < 1.29 is 5.11 Å². The van der Waals surface area contributed by atoms with Crippen LogP contribution in [0.3, 0.4) is 0 Å². The standard InChI is InChI=1S/C16H31NO/c1-16(2,3)12-4-6-13(7-5-12)17-14-8-10-15(18)11-9-14/h12-15,17-18H,4-11H2,1-3H3. The minimum atomic E-state index is -0.0281. The molecule has 0 aromatic carbocycles. The first-order valence-electron chi connectivity index (χ1n) is 7.89. The van der Waals surface area contributed by atoms with E-state index in [-0.39, 0.29) is 6.10 Å². The van der Waals surface area contributed by atoms with E-state index < -0.39 is 0 Å². The summed E-state index contributed by atoms with van der Waals surface area (Å²) in [7, 11) is 0. The Morgan fingerprint density at radius 2 is 1.22 bits per heavy atom. The predicted octanol–water partition coefficient (Wildman–Crippen LogP) is 3.48. The van der Waals surface area contributed by atoms with Gasteiger partial charge in [0.1, 0.15) is 0 Å². The van der Waals surface area contributed by atoms with Crippen LogP contribution in [-0.4, -0.2) is 23.3 Å². The second-order valence-electron chi connectivity index (χ2n) is 7.59. The van der Waals surface area contributed by atoms with Gasteiger partial charge in [0, 0.05) is 12.1 Å². The molecule has 0 heterocycles. The van der Waals surface area contributed by atoms with Crippen LogP contribution in [0.15, 0.2) is 0 Å². The lowest BCUT2D eigenvalue weighted by Crippen LogP contribution is -2.43. The van der Waals surface area contributed by atoms with Gasteiger partial charge in [0.25, 0.3) is 0 Å². The number of hydrogen-bond donors (Lipinski definition) is 2. The SMILES string of the molecule is CC(C)(C)C1CCC(NC2CCC(O)CC2)CC1. The quantitative estimate of drug-likeness (QED) is 0.789. The fourth-order valence-corrected chi connectivity index (χ4v) is 3.70. The van der Waals surface area contributed by atoms with E-state index in [0.29, 0.717) is 11.5 Å². The van der Waals surface area contributed by atoms with Gasteiger partial charge in [-0.25, -0.2) is 0 Å². The van der Waals surface area contributed by atoms with Crippen LogP contribution < -0.4 is 5.32 Å². The van der Waals surface area contributed by atoms with Crippen molar-refractivity contribution in [2.75, 3.05) is 0 Å². The van der Waals surface area contributed by atoms with Gasteiger partial charge in [-0.3, -0.25) is 0 Å². The molecule has 2 N–H and O–H groups in total. The van der Waals surface area contributed by atoms with Gasteiger partial charge in [0.2, 0.25) is 0 Å². The number of aliphatic hydroxyl groups excluding tert-OH is 1. The maximum Gasteiger partial charge on any atom is 0.0541 e. The molecule has 0 radical (unpaired) electrons. The summed E-state index contributed by atoms with van der Waals surface area (Å²) in [6.45, 7) is 7.15. The largest absolute Gasteiger partial charge is 0.393 e. The Balaban J connectivity index is 1.70. The molecule has 106 valence electrons. The number of nitrogens with one attached hydrogen (secondary N) is 1. The molecule has 0 aromatic rings. The van der Waals surface area contributed by atoms with Crippen LogP contribution in [0.4, 0.5) is 0 Å². The number of aliphatic hydroxyl groups is 1. The molecular weight excluding hydrogens is 222 g/mol. The third-order valence-electron chi connectivity index (χ3n) is 5.12. The summed E-state index contributed by atoms with van der Waals surface area (Å²) in [5.74, 6) is 0.906. The Morgan fingerprint density at radius 3 is 1.67 bits per heavy atom. The average Bonchev–Trinajstić information content (AvgIpc) is 2.32. The highest BCUT2D eigenvalue weighted by Crippen LogP contribution is 2.38. The highest BCUT2D eigenvalue weighted by Gasteiger charge is 2.30. The first kappa shape index (κ1) is 14.3. The van der Waals surface area contributed by atoms with Crippen LogP contribution in [0.5, 0.6) is 0 Å². The molecule has 2 fully saturated rings. The van der Waals surface area contributed by atoms with Gasteiger partial charge in [0.05, 0.1) is 6.10 Å². The zero-order valence-electron chi connectivity index (χ0n) is 12.4. The van der Waals surface area contributed by atoms with Crippen molar-refractivity contribution in [2.24, 2.45) is 11.3 Å². The zero-order valence-corrected chi connectivity index (χ0v) is 12.4. The summed E-state index contributed by atoms with van der Waals surface area (Å²) >= 11 is 0. The van der Waals surface area contributed by atoms with E-state index in [2.05, 4.69) is 26.1 Å². The van der Waals surface area contributed by atoms with E-state index >= 15 is 0 Å². The molecule has 0 aromatic heterocycles. The molecular formula is C16H31NO. The molecule has 0 atom stereocenters.